The minimum absolute atomic E-state index is 0.0370. The minimum Gasteiger partial charge on any atom is -0.245 e. The number of aryl methyl sites for hydroxylation is 1. The number of sulfonamides is 1. The van der Waals surface area contributed by atoms with Crippen molar-refractivity contribution in [3.63, 3.8) is 0 Å². The van der Waals surface area contributed by atoms with Crippen LogP contribution in [-0.4, -0.2) is 28.6 Å². The molecule has 0 spiro atoms. The fraction of sp³-hybridized carbons (Fsp3) is 0.143. The lowest BCUT2D eigenvalue weighted by atomic mass is 10.6. The number of halogens is 1. The van der Waals surface area contributed by atoms with Gasteiger partial charge in [-0.15, -0.1) is 5.10 Å². The molecule has 0 aliphatic heterocycles. The van der Waals surface area contributed by atoms with Crippen molar-refractivity contribution in [1.29, 1.82) is 0 Å². The van der Waals surface area contributed by atoms with E-state index >= 15 is 0 Å². The van der Waals surface area contributed by atoms with Gasteiger partial charge in [0.15, 0.2) is 8.68 Å². The van der Waals surface area contributed by atoms with Gasteiger partial charge in [-0.2, -0.15) is 5.10 Å². The van der Waals surface area contributed by atoms with Crippen LogP contribution in [0.4, 0.5) is 5.95 Å². The van der Waals surface area contributed by atoms with Crippen LogP contribution in [0.2, 0.25) is 4.47 Å². The molecule has 0 radical (unpaired) electrons. The zero-order valence-electron chi connectivity index (χ0n) is 8.45. The third-order valence-electron chi connectivity index (χ3n) is 1.68. The molecular weight excluding hydrogens is 286 g/mol. The van der Waals surface area contributed by atoms with Crippen LogP contribution in [0.5, 0.6) is 0 Å². The third-order valence-corrected chi connectivity index (χ3v) is 4.88. The summed E-state index contributed by atoms with van der Waals surface area (Å²) >= 11 is 6.51. The van der Waals surface area contributed by atoms with E-state index in [1.54, 1.807) is 6.92 Å². The molecule has 17 heavy (non-hydrogen) atoms. The van der Waals surface area contributed by atoms with Gasteiger partial charge in [0.25, 0.3) is 16.0 Å². The minimum atomic E-state index is -3.77. The Bertz CT molecular complexity index is 627. The molecule has 0 aliphatic rings. The lowest BCUT2D eigenvalue weighted by Gasteiger charge is -2.03. The summed E-state index contributed by atoms with van der Waals surface area (Å²) in [6, 6.07) is 0. The Morgan fingerprint density at radius 2 is 2.18 bits per heavy atom. The molecule has 0 atom stereocenters. The molecule has 1 N–H and O–H groups in total. The molecule has 0 aromatic carbocycles. The van der Waals surface area contributed by atoms with E-state index in [0.29, 0.717) is 5.69 Å². The number of nitrogens with one attached hydrogen (secondary N) is 1. The van der Waals surface area contributed by atoms with E-state index in [-0.39, 0.29) is 14.6 Å². The molecule has 10 heteroatoms. The average molecular weight is 292 g/mol. The van der Waals surface area contributed by atoms with Gasteiger partial charge >= 0.3 is 0 Å². The summed E-state index contributed by atoms with van der Waals surface area (Å²) in [4.78, 5) is 7.54. The van der Waals surface area contributed by atoms with Crippen molar-refractivity contribution >= 4 is 38.9 Å². The highest BCUT2D eigenvalue weighted by Gasteiger charge is 2.22. The van der Waals surface area contributed by atoms with Gasteiger partial charge in [0.2, 0.25) is 0 Å². The van der Waals surface area contributed by atoms with Gasteiger partial charge in [-0.05, 0) is 6.92 Å². The number of aromatic nitrogens is 4. The Kier molecular flexibility index (Phi) is 3.22. The van der Waals surface area contributed by atoms with Crippen LogP contribution in [0.1, 0.15) is 5.69 Å². The lowest BCUT2D eigenvalue weighted by molar-refractivity contribution is 0.602. The number of anilines is 1. The van der Waals surface area contributed by atoms with Crippen LogP contribution >= 0.6 is 22.9 Å². The summed E-state index contributed by atoms with van der Waals surface area (Å²) in [5.74, 6) is -0.101. The average Bonchev–Trinajstić information content (AvgIpc) is 2.59. The van der Waals surface area contributed by atoms with Crippen molar-refractivity contribution in [2.24, 2.45) is 0 Å². The Labute approximate surface area is 106 Å². The molecule has 90 valence electrons. The molecule has 0 saturated carbocycles. The highest BCUT2D eigenvalue weighted by atomic mass is 35.5. The summed E-state index contributed by atoms with van der Waals surface area (Å²) in [5.41, 5.74) is 0.330. The molecule has 7 nitrogen and oxygen atoms in total. The second-order valence-electron chi connectivity index (χ2n) is 2.91. The Balaban J connectivity index is 2.35. The van der Waals surface area contributed by atoms with Gasteiger partial charge < -0.3 is 0 Å². The van der Waals surface area contributed by atoms with E-state index in [2.05, 4.69) is 24.9 Å². The van der Waals surface area contributed by atoms with E-state index in [0.717, 1.165) is 11.3 Å². The summed E-state index contributed by atoms with van der Waals surface area (Å²) in [7, 11) is -3.77. The second kappa shape index (κ2) is 4.51. The number of nitrogens with zero attached hydrogens (tertiary/aromatic N) is 4. The Hall–Kier alpha value is -1.32. The van der Waals surface area contributed by atoms with E-state index < -0.39 is 10.0 Å². The number of rotatable bonds is 3. The zero-order chi connectivity index (χ0) is 12.5. The van der Waals surface area contributed by atoms with Crippen molar-refractivity contribution in [2.75, 3.05) is 4.72 Å². The molecule has 0 fully saturated rings. The maximum Gasteiger partial charge on any atom is 0.275 e. The van der Waals surface area contributed by atoms with E-state index in [1.807, 2.05) is 0 Å². The van der Waals surface area contributed by atoms with E-state index in [4.69, 9.17) is 11.6 Å². The first-order chi connectivity index (χ1) is 7.99. The first-order valence-corrected chi connectivity index (χ1v) is 6.96. The molecule has 2 aromatic rings. The fourth-order valence-corrected chi connectivity index (χ4v) is 3.75. The first-order valence-electron chi connectivity index (χ1n) is 4.28. The molecule has 0 unspecified atom stereocenters. The van der Waals surface area contributed by atoms with Gasteiger partial charge in [0.05, 0.1) is 18.1 Å². The van der Waals surface area contributed by atoms with Crippen LogP contribution in [0.15, 0.2) is 16.6 Å². The van der Waals surface area contributed by atoms with E-state index in [9.17, 15) is 8.42 Å². The van der Waals surface area contributed by atoms with Crippen LogP contribution in [0, 0.1) is 6.92 Å². The Morgan fingerprint density at radius 1 is 1.41 bits per heavy atom. The number of hydrogen-bond acceptors (Lipinski definition) is 7. The maximum atomic E-state index is 11.9. The summed E-state index contributed by atoms with van der Waals surface area (Å²) in [6.07, 6.45) is 2.67. The topological polar surface area (TPSA) is 97.7 Å². The summed E-state index contributed by atoms with van der Waals surface area (Å²) < 4.78 is 26.2. The molecule has 2 aromatic heterocycles. The summed E-state index contributed by atoms with van der Waals surface area (Å²) in [5, 5.41) is 7.04. The van der Waals surface area contributed by atoms with Crippen LogP contribution in [0.25, 0.3) is 0 Å². The molecule has 2 rings (SSSR count). The lowest BCUT2D eigenvalue weighted by Crippen LogP contribution is -2.15. The van der Waals surface area contributed by atoms with Crippen LogP contribution < -0.4 is 4.72 Å². The van der Waals surface area contributed by atoms with Crippen LogP contribution in [-0.2, 0) is 10.0 Å². The number of hydrogen-bond donors (Lipinski definition) is 1. The van der Waals surface area contributed by atoms with Gasteiger partial charge in [-0.25, -0.2) is 23.1 Å². The quantitative estimate of drug-likeness (QED) is 0.909. The highest BCUT2D eigenvalue weighted by Crippen LogP contribution is 2.27. The molecule has 0 saturated heterocycles. The van der Waals surface area contributed by atoms with Crippen molar-refractivity contribution in [3.8, 4) is 0 Å². The smallest absolute Gasteiger partial charge is 0.245 e. The molecule has 0 amide bonds. The molecular formula is C7H6ClN5O2S2. The molecule has 2 heterocycles. The maximum absolute atomic E-state index is 11.9. The second-order valence-corrected chi connectivity index (χ2v) is 6.37. The van der Waals surface area contributed by atoms with Crippen LogP contribution in [0.3, 0.4) is 0 Å². The van der Waals surface area contributed by atoms with Crippen molar-refractivity contribution in [1.82, 2.24) is 20.2 Å². The van der Waals surface area contributed by atoms with Crippen molar-refractivity contribution < 1.29 is 8.42 Å². The van der Waals surface area contributed by atoms with Gasteiger partial charge in [0, 0.05) is 0 Å². The van der Waals surface area contributed by atoms with Crippen molar-refractivity contribution in [2.45, 2.75) is 11.1 Å². The molecule has 0 bridgehead atoms. The zero-order valence-corrected chi connectivity index (χ0v) is 10.8. The normalized spacial score (nSPS) is 11.4. The largest absolute Gasteiger partial charge is 0.275 e. The van der Waals surface area contributed by atoms with Gasteiger partial charge in [-0.1, -0.05) is 22.9 Å². The van der Waals surface area contributed by atoms with Crippen molar-refractivity contribution in [3.05, 3.63) is 22.6 Å². The first kappa shape index (κ1) is 12.1. The third kappa shape index (κ3) is 2.68. The fourth-order valence-electron chi connectivity index (χ4n) is 1.06. The summed E-state index contributed by atoms with van der Waals surface area (Å²) in [6.45, 7) is 1.56. The van der Waals surface area contributed by atoms with Gasteiger partial charge in [-0.3, -0.25) is 0 Å². The monoisotopic (exact) mass is 291 g/mol. The number of thiazole rings is 1. The molecule has 0 aliphatic carbocycles. The standard InChI is InChI=1S/C7H6ClN5O2S2/c1-4-5(16-6(8)11-4)17(14,15)13-7-9-2-3-10-12-7/h2-3H,1H3,(H,9,12,13). The highest BCUT2D eigenvalue weighted by molar-refractivity contribution is 7.94. The van der Waals surface area contributed by atoms with E-state index in [1.165, 1.54) is 12.4 Å². The Morgan fingerprint density at radius 3 is 2.71 bits per heavy atom. The van der Waals surface area contributed by atoms with Gasteiger partial charge in [0.1, 0.15) is 0 Å². The predicted octanol–water partition coefficient (Wildman–Crippen LogP) is 1.09. The predicted molar refractivity (Wildman–Crippen MR) is 62.5 cm³/mol. The SMILES string of the molecule is Cc1nc(Cl)sc1S(=O)(=O)Nc1nccnn1.